The maximum absolute atomic E-state index is 11.1. The summed E-state index contributed by atoms with van der Waals surface area (Å²) in [5, 5.41) is 4.38. The number of rotatable bonds is 7. The first-order chi connectivity index (χ1) is 9.29. The van der Waals surface area contributed by atoms with E-state index in [4.69, 9.17) is 9.15 Å². The minimum absolute atomic E-state index is 0.131. The summed E-state index contributed by atoms with van der Waals surface area (Å²) in [5.41, 5.74) is 0.908. The van der Waals surface area contributed by atoms with E-state index in [-0.39, 0.29) is 5.97 Å². The largest absolute Gasteiger partial charge is 0.466 e. The zero-order valence-corrected chi connectivity index (χ0v) is 11.1. The lowest BCUT2D eigenvalue weighted by Crippen LogP contribution is -2.16. The first kappa shape index (κ1) is 13.6. The van der Waals surface area contributed by atoms with E-state index in [1.807, 2.05) is 37.3 Å². The van der Waals surface area contributed by atoms with Crippen LogP contribution in [-0.4, -0.2) is 19.1 Å². The maximum atomic E-state index is 11.1. The number of fused-ring (bicyclic) bond motifs is 1. The molecule has 0 spiro atoms. The zero-order valence-electron chi connectivity index (χ0n) is 11.1. The second-order valence-electron chi connectivity index (χ2n) is 4.34. The fraction of sp³-hybridized carbons (Fsp3) is 0.400. The Morgan fingerprint density at radius 1 is 1.37 bits per heavy atom. The van der Waals surface area contributed by atoms with E-state index in [0.717, 1.165) is 29.7 Å². The van der Waals surface area contributed by atoms with Crippen molar-refractivity contribution in [1.82, 2.24) is 5.32 Å². The van der Waals surface area contributed by atoms with Crippen molar-refractivity contribution in [3.63, 3.8) is 0 Å². The van der Waals surface area contributed by atoms with Gasteiger partial charge >= 0.3 is 5.97 Å². The number of nitrogens with one attached hydrogen (secondary N) is 1. The van der Waals surface area contributed by atoms with Crippen molar-refractivity contribution in [2.24, 2.45) is 0 Å². The molecule has 0 unspecified atom stereocenters. The van der Waals surface area contributed by atoms with Crippen LogP contribution in [0.25, 0.3) is 11.0 Å². The average molecular weight is 261 g/mol. The first-order valence-corrected chi connectivity index (χ1v) is 6.63. The van der Waals surface area contributed by atoms with Gasteiger partial charge in [0, 0.05) is 11.8 Å². The van der Waals surface area contributed by atoms with E-state index >= 15 is 0 Å². The number of para-hydroxylation sites is 1. The second-order valence-corrected chi connectivity index (χ2v) is 4.34. The number of furan rings is 1. The van der Waals surface area contributed by atoms with Gasteiger partial charge in [-0.15, -0.1) is 0 Å². The molecule has 0 atom stereocenters. The standard InChI is InChI=1S/C15H19NO3/c1-2-18-15(17)8-5-9-16-11-13-10-12-6-3-4-7-14(12)19-13/h3-4,6-7,10,16H,2,5,8-9,11H2,1H3. The van der Waals surface area contributed by atoms with E-state index in [1.54, 1.807) is 0 Å². The Morgan fingerprint density at radius 2 is 2.21 bits per heavy atom. The Balaban J connectivity index is 1.69. The van der Waals surface area contributed by atoms with Crippen molar-refractivity contribution < 1.29 is 13.9 Å². The highest BCUT2D eigenvalue weighted by Gasteiger charge is 2.03. The molecule has 0 aliphatic rings. The van der Waals surface area contributed by atoms with Crippen molar-refractivity contribution in [2.45, 2.75) is 26.3 Å². The van der Waals surface area contributed by atoms with E-state index in [1.165, 1.54) is 0 Å². The van der Waals surface area contributed by atoms with Crippen LogP contribution in [0.15, 0.2) is 34.7 Å². The van der Waals surface area contributed by atoms with Crippen molar-refractivity contribution in [2.75, 3.05) is 13.2 Å². The van der Waals surface area contributed by atoms with Gasteiger partial charge < -0.3 is 14.5 Å². The number of esters is 1. The van der Waals surface area contributed by atoms with Crippen molar-refractivity contribution in [3.05, 3.63) is 36.1 Å². The van der Waals surface area contributed by atoms with Gasteiger partial charge in [-0.1, -0.05) is 18.2 Å². The Labute approximate surface area is 112 Å². The van der Waals surface area contributed by atoms with Crippen LogP contribution in [0.3, 0.4) is 0 Å². The molecule has 1 heterocycles. The van der Waals surface area contributed by atoms with E-state index in [0.29, 0.717) is 19.6 Å². The third-order valence-electron chi connectivity index (χ3n) is 2.82. The predicted molar refractivity (Wildman–Crippen MR) is 73.8 cm³/mol. The number of ether oxygens (including phenoxy) is 1. The molecule has 0 saturated carbocycles. The molecule has 2 aromatic rings. The maximum Gasteiger partial charge on any atom is 0.305 e. The van der Waals surface area contributed by atoms with Gasteiger partial charge in [0.1, 0.15) is 11.3 Å². The van der Waals surface area contributed by atoms with Crippen molar-refractivity contribution in [1.29, 1.82) is 0 Å². The number of benzene rings is 1. The molecule has 2 rings (SSSR count). The van der Waals surface area contributed by atoms with E-state index in [9.17, 15) is 4.79 Å². The second kappa shape index (κ2) is 6.95. The Morgan fingerprint density at radius 3 is 3.00 bits per heavy atom. The highest BCUT2D eigenvalue weighted by molar-refractivity contribution is 5.77. The van der Waals surface area contributed by atoms with Crippen LogP contribution in [0, 0.1) is 0 Å². The van der Waals surface area contributed by atoms with Crippen LogP contribution < -0.4 is 5.32 Å². The van der Waals surface area contributed by atoms with Gasteiger partial charge in [0.2, 0.25) is 0 Å². The minimum Gasteiger partial charge on any atom is -0.466 e. The molecule has 102 valence electrons. The lowest BCUT2D eigenvalue weighted by Gasteiger charge is -2.02. The molecule has 0 saturated heterocycles. The summed E-state index contributed by atoms with van der Waals surface area (Å²) < 4.78 is 10.5. The highest BCUT2D eigenvalue weighted by atomic mass is 16.5. The van der Waals surface area contributed by atoms with Gasteiger partial charge in [0.25, 0.3) is 0 Å². The third kappa shape index (κ3) is 4.10. The van der Waals surface area contributed by atoms with Crippen molar-refractivity contribution >= 4 is 16.9 Å². The Kier molecular flexibility index (Phi) is 4.98. The fourth-order valence-electron chi connectivity index (χ4n) is 1.93. The van der Waals surface area contributed by atoms with Gasteiger partial charge in [-0.25, -0.2) is 0 Å². The molecule has 4 nitrogen and oxygen atoms in total. The van der Waals surface area contributed by atoms with Gasteiger partial charge in [-0.3, -0.25) is 4.79 Å². The fourth-order valence-corrected chi connectivity index (χ4v) is 1.93. The normalized spacial score (nSPS) is 10.8. The average Bonchev–Trinajstić information content (AvgIpc) is 2.81. The summed E-state index contributed by atoms with van der Waals surface area (Å²) in [6.45, 7) is 3.72. The molecule has 19 heavy (non-hydrogen) atoms. The molecule has 0 fully saturated rings. The van der Waals surface area contributed by atoms with Crippen LogP contribution in [0.5, 0.6) is 0 Å². The molecule has 1 aromatic heterocycles. The molecule has 4 heteroatoms. The minimum atomic E-state index is -0.131. The molecule has 1 aromatic carbocycles. The molecular formula is C15H19NO3. The topological polar surface area (TPSA) is 51.5 Å². The molecule has 0 aliphatic heterocycles. The number of carbonyl (C=O) groups is 1. The Bertz CT molecular complexity index is 500. The quantitative estimate of drug-likeness (QED) is 0.615. The molecule has 0 amide bonds. The molecule has 1 N–H and O–H groups in total. The summed E-state index contributed by atoms with van der Waals surface area (Å²) in [6.07, 6.45) is 1.24. The smallest absolute Gasteiger partial charge is 0.305 e. The van der Waals surface area contributed by atoms with Gasteiger partial charge in [0.15, 0.2) is 0 Å². The molecule has 0 aliphatic carbocycles. The number of carbonyl (C=O) groups excluding carboxylic acids is 1. The highest BCUT2D eigenvalue weighted by Crippen LogP contribution is 2.18. The molecule has 0 radical (unpaired) electrons. The van der Waals surface area contributed by atoms with Gasteiger partial charge in [-0.05, 0) is 32.0 Å². The van der Waals surface area contributed by atoms with Crippen LogP contribution in [0.2, 0.25) is 0 Å². The summed E-state index contributed by atoms with van der Waals surface area (Å²) in [5.74, 6) is 0.783. The van der Waals surface area contributed by atoms with E-state index in [2.05, 4.69) is 5.32 Å². The lowest BCUT2D eigenvalue weighted by atomic mass is 10.2. The summed E-state index contributed by atoms with van der Waals surface area (Å²) >= 11 is 0. The van der Waals surface area contributed by atoms with Crippen LogP contribution in [0.1, 0.15) is 25.5 Å². The van der Waals surface area contributed by atoms with Crippen molar-refractivity contribution in [3.8, 4) is 0 Å². The van der Waals surface area contributed by atoms with E-state index < -0.39 is 0 Å². The van der Waals surface area contributed by atoms with Crippen LogP contribution >= 0.6 is 0 Å². The van der Waals surface area contributed by atoms with Gasteiger partial charge in [0.05, 0.1) is 13.2 Å². The predicted octanol–water partition coefficient (Wildman–Crippen LogP) is 2.87. The van der Waals surface area contributed by atoms with Crippen LogP contribution in [-0.2, 0) is 16.1 Å². The van der Waals surface area contributed by atoms with Crippen LogP contribution in [0.4, 0.5) is 0 Å². The lowest BCUT2D eigenvalue weighted by molar-refractivity contribution is -0.143. The Hall–Kier alpha value is -1.81. The SMILES string of the molecule is CCOC(=O)CCCNCc1cc2ccccc2o1. The zero-order chi connectivity index (χ0) is 13.5. The number of hydrogen-bond acceptors (Lipinski definition) is 4. The third-order valence-corrected chi connectivity index (χ3v) is 2.82. The first-order valence-electron chi connectivity index (χ1n) is 6.63. The van der Waals surface area contributed by atoms with Gasteiger partial charge in [-0.2, -0.15) is 0 Å². The summed E-state index contributed by atoms with van der Waals surface area (Å²) in [6, 6.07) is 9.98. The summed E-state index contributed by atoms with van der Waals surface area (Å²) in [4.78, 5) is 11.1. The summed E-state index contributed by atoms with van der Waals surface area (Å²) in [7, 11) is 0. The monoisotopic (exact) mass is 261 g/mol. The number of hydrogen-bond donors (Lipinski definition) is 1. The molecular weight excluding hydrogens is 242 g/mol. The molecule has 0 bridgehead atoms.